The van der Waals surface area contributed by atoms with Crippen molar-refractivity contribution in [2.75, 3.05) is 6.61 Å². The summed E-state index contributed by atoms with van der Waals surface area (Å²) in [5, 5.41) is 2.06. The summed E-state index contributed by atoms with van der Waals surface area (Å²) in [5.41, 5.74) is 0.639. The van der Waals surface area contributed by atoms with Gasteiger partial charge in [-0.05, 0) is 38.1 Å². The van der Waals surface area contributed by atoms with Crippen molar-refractivity contribution in [1.29, 1.82) is 0 Å². The van der Waals surface area contributed by atoms with Crippen molar-refractivity contribution in [2.24, 2.45) is 0 Å². The second-order valence-corrected chi connectivity index (χ2v) is 5.68. The molecule has 0 spiro atoms. The average Bonchev–Trinajstić information content (AvgIpc) is 2.90. The Hall–Kier alpha value is -1.87. The molecule has 0 aromatic heterocycles. The summed E-state index contributed by atoms with van der Waals surface area (Å²) in [7, 11) is 0. The Kier molecular flexibility index (Phi) is 3.93. The van der Waals surface area contributed by atoms with Gasteiger partial charge in [-0.25, -0.2) is 0 Å². The number of fused-ring (bicyclic) bond motifs is 1. The molecule has 3 nitrogen and oxygen atoms in total. The summed E-state index contributed by atoms with van der Waals surface area (Å²) in [5.74, 6) is 0.709. The maximum atomic E-state index is 11.8. The van der Waals surface area contributed by atoms with Crippen LogP contribution in [-0.4, -0.2) is 24.6 Å². The Morgan fingerprint density at radius 2 is 2.05 bits per heavy atom. The Balaban J connectivity index is 1.91. The minimum atomic E-state index is 0.0245. The van der Waals surface area contributed by atoms with E-state index in [1.165, 1.54) is 0 Å². The van der Waals surface area contributed by atoms with E-state index in [0.29, 0.717) is 24.0 Å². The predicted molar refractivity (Wildman–Crippen MR) is 83.0 cm³/mol. The molecule has 0 amide bonds. The van der Waals surface area contributed by atoms with E-state index in [2.05, 4.69) is 6.92 Å². The van der Waals surface area contributed by atoms with Gasteiger partial charge in [0.25, 0.3) is 0 Å². The van der Waals surface area contributed by atoms with Gasteiger partial charge in [0.2, 0.25) is 0 Å². The molecule has 0 saturated carbocycles. The summed E-state index contributed by atoms with van der Waals surface area (Å²) in [6.07, 6.45) is 2.52. The highest BCUT2D eigenvalue weighted by Gasteiger charge is 2.23. The van der Waals surface area contributed by atoms with Gasteiger partial charge in [-0.15, -0.1) is 0 Å². The molecule has 1 heterocycles. The predicted octanol–water partition coefficient (Wildman–Crippen LogP) is 3.99. The Labute approximate surface area is 124 Å². The number of ether oxygens (including phenoxy) is 2. The topological polar surface area (TPSA) is 35.5 Å². The molecule has 2 aromatic carbocycles. The molecule has 1 fully saturated rings. The van der Waals surface area contributed by atoms with Crippen molar-refractivity contribution >= 4 is 16.6 Å². The normalized spacial score (nSPS) is 21.6. The van der Waals surface area contributed by atoms with Crippen molar-refractivity contribution < 1.29 is 14.3 Å². The molecule has 2 aromatic rings. The van der Waals surface area contributed by atoms with Crippen molar-refractivity contribution in [3.8, 4) is 5.75 Å². The molecule has 1 aliphatic rings. The van der Waals surface area contributed by atoms with Crippen LogP contribution in [0.2, 0.25) is 0 Å². The van der Waals surface area contributed by atoms with E-state index >= 15 is 0 Å². The third-order valence-electron chi connectivity index (χ3n) is 3.99. The van der Waals surface area contributed by atoms with Crippen LogP contribution >= 0.6 is 0 Å². The van der Waals surface area contributed by atoms with Crippen LogP contribution in [0.15, 0.2) is 36.4 Å². The third-order valence-corrected chi connectivity index (χ3v) is 3.99. The maximum Gasteiger partial charge on any atom is 0.163 e. The highest BCUT2D eigenvalue weighted by Crippen LogP contribution is 2.31. The van der Waals surface area contributed by atoms with Crippen LogP contribution in [0.5, 0.6) is 5.75 Å². The van der Waals surface area contributed by atoms with Gasteiger partial charge in [0.1, 0.15) is 12.4 Å². The van der Waals surface area contributed by atoms with Gasteiger partial charge in [0.05, 0.1) is 17.8 Å². The lowest BCUT2D eigenvalue weighted by molar-refractivity contribution is 0.0266. The zero-order chi connectivity index (χ0) is 14.8. The van der Waals surface area contributed by atoms with Crippen molar-refractivity contribution in [3.05, 3.63) is 42.0 Å². The molecule has 0 radical (unpaired) electrons. The lowest BCUT2D eigenvalue weighted by atomic mass is 10.0. The molecule has 21 heavy (non-hydrogen) atoms. The minimum absolute atomic E-state index is 0.0245. The minimum Gasteiger partial charge on any atom is -0.489 e. The fourth-order valence-electron chi connectivity index (χ4n) is 2.86. The first kappa shape index (κ1) is 14.1. The number of rotatable bonds is 4. The molecule has 1 aliphatic heterocycles. The lowest BCUT2D eigenvalue weighted by Crippen LogP contribution is -2.18. The average molecular weight is 284 g/mol. The first-order chi connectivity index (χ1) is 10.1. The summed E-state index contributed by atoms with van der Waals surface area (Å²) >= 11 is 0. The molecule has 1 saturated heterocycles. The molecular formula is C18H20O3. The number of ketones is 1. The van der Waals surface area contributed by atoms with E-state index in [4.69, 9.17) is 9.47 Å². The summed E-state index contributed by atoms with van der Waals surface area (Å²) in [4.78, 5) is 11.8. The number of carbonyl (C=O) groups excluding carboxylic acids is 1. The standard InChI is InChI=1S/C18H20O3/c1-12-7-9-15(21-12)11-20-18-16(13(2)19)10-8-14-5-3-4-6-17(14)18/h3-6,8,10,12,15H,7,9,11H2,1-2H3. The fourth-order valence-corrected chi connectivity index (χ4v) is 2.86. The molecule has 0 bridgehead atoms. The van der Waals surface area contributed by atoms with E-state index in [0.717, 1.165) is 23.6 Å². The van der Waals surface area contributed by atoms with E-state index in [1.807, 2.05) is 36.4 Å². The monoisotopic (exact) mass is 284 g/mol. The third kappa shape index (κ3) is 2.93. The quantitative estimate of drug-likeness (QED) is 0.796. The zero-order valence-corrected chi connectivity index (χ0v) is 12.5. The van der Waals surface area contributed by atoms with E-state index in [9.17, 15) is 4.79 Å². The highest BCUT2D eigenvalue weighted by molar-refractivity contribution is 6.03. The smallest absolute Gasteiger partial charge is 0.163 e. The number of hydrogen-bond acceptors (Lipinski definition) is 3. The van der Waals surface area contributed by atoms with Crippen LogP contribution in [0.1, 0.15) is 37.0 Å². The molecular weight excluding hydrogens is 264 g/mol. The molecule has 2 unspecified atom stereocenters. The number of Topliss-reactive ketones (excluding diaryl/α,β-unsaturated/α-hetero) is 1. The van der Waals surface area contributed by atoms with Gasteiger partial charge >= 0.3 is 0 Å². The van der Waals surface area contributed by atoms with Crippen LogP contribution in [0.4, 0.5) is 0 Å². The van der Waals surface area contributed by atoms with Gasteiger partial charge in [-0.2, -0.15) is 0 Å². The van der Waals surface area contributed by atoms with Gasteiger partial charge in [-0.1, -0.05) is 30.3 Å². The Morgan fingerprint density at radius 1 is 1.24 bits per heavy atom. The van der Waals surface area contributed by atoms with Gasteiger partial charge < -0.3 is 9.47 Å². The first-order valence-corrected chi connectivity index (χ1v) is 7.46. The second-order valence-electron chi connectivity index (χ2n) is 5.68. The van der Waals surface area contributed by atoms with Gasteiger partial charge in [0.15, 0.2) is 5.78 Å². The van der Waals surface area contributed by atoms with E-state index in [1.54, 1.807) is 6.92 Å². The fraction of sp³-hybridized carbons (Fsp3) is 0.389. The first-order valence-electron chi connectivity index (χ1n) is 7.46. The molecule has 0 N–H and O–H groups in total. The lowest BCUT2D eigenvalue weighted by Gasteiger charge is -2.16. The summed E-state index contributed by atoms with van der Waals surface area (Å²) in [6.45, 7) is 4.16. The molecule has 3 heteroatoms. The van der Waals surface area contributed by atoms with Crippen molar-refractivity contribution in [1.82, 2.24) is 0 Å². The van der Waals surface area contributed by atoms with E-state index < -0.39 is 0 Å². The molecule has 3 rings (SSSR count). The maximum absolute atomic E-state index is 11.8. The van der Waals surface area contributed by atoms with Crippen molar-refractivity contribution in [2.45, 2.75) is 38.9 Å². The molecule has 110 valence electrons. The van der Waals surface area contributed by atoms with Crippen molar-refractivity contribution in [3.63, 3.8) is 0 Å². The Bertz CT molecular complexity index is 663. The van der Waals surface area contributed by atoms with Gasteiger partial charge in [0, 0.05) is 5.39 Å². The number of carbonyl (C=O) groups is 1. The van der Waals surface area contributed by atoms with Crippen LogP contribution in [0, 0.1) is 0 Å². The number of benzene rings is 2. The van der Waals surface area contributed by atoms with Gasteiger partial charge in [-0.3, -0.25) is 4.79 Å². The van der Waals surface area contributed by atoms with Crippen LogP contribution in [0.3, 0.4) is 0 Å². The zero-order valence-electron chi connectivity index (χ0n) is 12.5. The largest absolute Gasteiger partial charge is 0.489 e. The van der Waals surface area contributed by atoms with Crippen LogP contribution in [-0.2, 0) is 4.74 Å². The molecule has 0 aliphatic carbocycles. The van der Waals surface area contributed by atoms with Crippen LogP contribution in [0.25, 0.3) is 10.8 Å². The van der Waals surface area contributed by atoms with E-state index in [-0.39, 0.29) is 11.9 Å². The second kappa shape index (κ2) is 5.86. The molecule has 2 atom stereocenters. The van der Waals surface area contributed by atoms with Crippen LogP contribution < -0.4 is 4.74 Å². The highest BCUT2D eigenvalue weighted by atomic mass is 16.5. The SMILES string of the molecule is CC(=O)c1ccc2ccccc2c1OCC1CCC(C)O1. The summed E-state index contributed by atoms with van der Waals surface area (Å²) in [6, 6.07) is 11.8. The number of hydrogen-bond donors (Lipinski definition) is 0. The summed E-state index contributed by atoms with van der Waals surface area (Å²) < 4.78 is 11.8. The Morgan fingerprint density at radius 3 is 2.76 bits per heavy atom.